The van der Waals surface area contributed by atoms with Crippen LogP contribution in [0, 0.1) is 6.92 Å². The fraction of sp³-hybridized carbons (Fsp3) is 0.0476. The van der Waals surface area contributed by atoms with Gasteiger partial charge in [0.15, 0.2) is 0 Å². The van der Waals surface area contributed by atoms with Crippen molar-refractivity contribution < 1.29 is 0 Å². The van der Waals surface area contributed by atoms with Crippen LogP contribution >= 0.6 is 0 Å². The molecule has 7 aromatic carbocycles. The molecule has 206 valence electrons. The minimum Gasteiger partial charge on any atom is -0.241 e. The van der Waals surface area contributed by atoms with E-state index in [4.69, 9.17) is 4.98 Å². The molecule has 0 unspecified atom stereocenters. The van der Waals surface area contributed by atoms with Crippen LogP contribution in [0.2, 0.25) is 0 Å². The molecule has 0 radical (unpaired) electrons. The van der Waals surface area contributed by atoms with Crippen LogP contribution in [0.3, 0.4) is 0 Å². The summed E-state index contributed by atoms with van der Waals surface area (Å²) in [4.78, 5) is 9.46. The monoisotopic (exact) mass is 560 g/mol. The van der Waals surface area contributed by atoms with Gasteiger partial charge in [-0.1, -0.05) is 133 Å². The number of aryl methyl sites for hydroxylation is 1. The van der Waals surface area contributed by atoms with Crippen LogP contribution in [-0.2, 0) is 6.42 Å². The van der Waals surface area contributed by atoms with Crippen LogP contribution in [0.5, 0.6) is 0 Å². The molecular formula is C42H28N2. The van der Waals surface area contributed by atoms with Gasteiger partial charge >= 0.3 is 0 Å². The van der Waals surface area contributed by atoms with Crippen molar-refractivity contribution in [1.82, 2.24) is 9.97 Å². The summed E-state index contributed by atoms with van der Waals surface area (Å²) >= 11 is 0. The lowest BCUT2D eigenvalue weighted by molar-refractivity contribution is 1.10. The Morgan fingerprint density at radius 2 is 0.955 bits per heavy atom. The molecule has 1 aromatic heterocycles. The van der Waals surface area contributed by atoms with Crippen molar-refractivity contribution in [3.05, 3.63) is 157 Å². The highest BCUT2D eigenvalue weighted by molar-refractivity contribution is 6.24. The van der Waals surface area contributed by atoms with Gasteiger partial charge in [-0.25, -0.2) is 9.97 Å². The maximum Gasteiger partial charge on any atom is 0.125 e. The topological polar surface area (TPSA) is 25.8 Å². The Kier molecular flexibility index (Phi) is 5.51. The molecule has 0 saturated carbocycles. The molecule has 2 nitrogen and oxygen atoms in total. The molecule has 0 spiro atoms. The van der Waals surface area contributed by atoms with Crippen molar-refractivity contribution in [2.75, 3.05) is 0 Å². The zero-order valence-corrected chi connectivity index (χ0v) is 24.4. The summed E-state index contributed by atoms with van der Waals surface area (Å²) in [6.45, 7) is 1.96. The molecule has 1 aliphatic carbocycles. The minimum atomic E-state index is 0.795. The molecule has 9 rings (SSSR count). The second-order valence-electron chi connectivity index (χ2n) is 11.8. The van der Waals surface area contributed by atoms with E-state index in [1.54, 1.807) is 0 Å². The first-order valence-corrected chi connectivity index (χ1v) is 15.2. The van der Waals surface area contributed by atoms with Gasteiger partial charge in [0.25, 0.3) is 0 Å². The lowest BCUT2D eigenvalue weighted by Gasteiger charge is -2.23. The Hall–Kier alpha value is -5.60. The Labute approximate surface area is 256 Å². The summed E-state index contributed by atoms with van der Waals surface area (Å²) in [6.07, 6.45) is 2.82. The Morgan fingerprint density at radius 1 is 0.455 bits per heavy atom. The number of fused-ring (bicyclic) bond motifs is 14. The third-order valence-corrected chi connectivity index (χ3v) is 9.22. The van der Waals surface area contributed by atoms with Crippen molar-refractivity contribution >= 4 is 32.4 Å². The second kappa shape index (κ2) is 9.72. The third kappa shape index (κ3) is 3.74. The number of aromatic nitrogens is 2. The van der Waals surface area contributed by atoms with Gasteiger partial charge in [0.05, 0.1) is 5.52 Å². The zero-order valence-electron chi connectivity index (χ0n) is 24.4. The SMILES string of the molecule is Cc1ncc2c3cccc(Cc4ccc5c(c4)-c4ccccc4-c4ccccc4-c4ccccc4-5)c3c3ccccc3c2n1. The van der Waals surface area contributed by atoms with E-state index in [1.165, 1.54) is 77.2 Å². The first kappa shape index (κ1) is 24.9. The zero-order chi connectivity index (χ0) is 29.2. The average molecular weight is 561 g/mol. The molecule has 2 heteroatoms. The Balaban J connectivity index is 1.28. The normalized spacial score (nSPS) is 11.8. The van der Waals surface area contributed by atoms with E-state index in [0.29, 0.717) is 0 Å². The van der Waals surface area contributed by atoms with Crippen LogP contribution < -0.4 is 0 Å². The predicted molar refractivity (Wildman–Crippen MR) is 184 cm³/mol. The van der Waals surface area contributed by atoms with E-state index >= 15 is 0 Å². The van der Waals surface area contributed by atoms with E-state index < -0.39 is 0 Å². The molecule has 0 saturated heterocycles. The van der Waals surface area contributed by atoms with Crippen LogP contribution in [0.15, 0.2) is 140 Å². The van der Waals surface area contributed by atoms with Gasteiger partial charge in [-0.05, 0) is 85.1 Å². The van der Waals surface area contributed by atoms with Crippen LogP contribution in [0.25, 0.3) is 77.0 Å². The maximum absolute atomic E-state index is 4.88. The number of hydrogen-bond acceptors (Lipinski definition) is 2. The lowest BCUT2D eigenvalue weighted by atomic mass is 9.80. The first-order valence-electron chi connectivity index (χ1n) is 15.2. The van der Waals surface area contributed by atoms with Gasteiger partial charge in [-0.2, -0.15) is 0 Å². The largest absolute Gasteiger partial charge is 0.241 e. The molecule has 8 aromatic rings. The van der Waals surface area contributed by atoms with Gasteiger partial charge in [-0.3, -0.25) is 0 Å². The van der Waals surface area contributed by atoms with Crippen molar-refractivity contribution in [2.24, 2.45) is 0 Å². The van der Waals surface area contributed by atoms with Gasteiger partial charge in [0.1, 0.15) is 5.82 Å². The molecule has 0 aliphatic heterocycles. The third-order valence-electron chi connectivity index (χ3n) is 9.22. The highest BCUT2D eigenvalue weighted by Gasteiger charge is 2.22. The molecule has 1 heterocycles. The molecule has 0 amide bonds. The minimum absolute atomic E-state index is 0.795. The Bertz CT molecular complexity index is 2400. The quantitative estimate of drug-likeness (QED) is 0.197. The molecule has 0 fully saturated rings. The highest BCUT2D eigenvalue weighted by atomic mass is 14.9. The van der Waals surface area contributed by atoms with Gasteiger partial charge in [0, 0.05) is 17.0 Å². The van der Waals surface area contributed by atoms with E-state index in [0.717, 1.165) is 23.1 Å². The molecule has 0 atom stereocenters. The average Bonchev–Trinajstić information content (AvgIpc) is 3.08. The molecule has 1 aliphatic rings. The number of rotatable bonds is 2. The number of hydrogen-bond donors (Lipinski definition) is 0. The van der Waals surface area contributed by atoms with Crippen molar-refractivity contribution in [2.45, 2.75) is 13.3 Å². The summed E-state index contributed by atoms with van der Waals surface area (Å²) in [5, 5.41) is 6.02. The standard InChI is InChI=1S/C42H28N2/c1-26-43-25-40-37-20-10-11-28(41(37)36-18-8-9-19-38(36)42(40)44-26)23-27-21-22-35-33-16-5-4-14-31(33)29-12-2-3-13-30(29)32-15-6-7-17-34(32)39(35)24-27/h2-22,24-25H,23H2,1H3. The van der Waals surface area contributed by atoms with E-state index in [2.05, 4.69) is 138 Å². The van der Waals surface area contributed by atoms with Crippen LogP contribution in [-0.4, -0.2) is 9.97 Å². The summed E-state index contributed by atoms with van der Waals surface area (Å²) in [7, 11) is 0. The van der Waals surface area contributed by atoms with Crippen molar-refractivity contribution in [3.63, 3.8) is 0 Å². The summed E-state index contributed by atoms with van der Waals surface area (Å²) in [5.74, 6) is 0.795. The lowest BCUT2D eigenvalue weighted by Crippen LogP contribution is -1.99. The molecule has 44 heavy (non-hydrogen) atoms. The number of benzene rings is 7. The van der Waals surface area contributed by atoms with E-state index in [-0.39, 0.29) is 0 Å². The maximum atomic E-state index is 4.88. The van der Waals surface area contributed by atoms with E-state index in [9.17, 15) is 0 Å². The highest BCUT2D eigenvalue weighted by Crippen LogP contribution is 2.48. The smallest absolute Gasteiger partial charge is 0.125 e. The second-order valence-corrected chi connectivity index (χ2v) is 11.8. The van der Waals surface area contributed by atoms with Crippen molar-refractivity contribution in [3.8, 4) is 44.5 Å². The van der Waals surface area contributed by atoms with Gasteiger partial charge < -0.3 is 0 Å². The summed E-state index contributed by atoms with van der Waals surface area (Å²) < 4.78 is 0. The summed E-state index contributed by atoms with van der Waals surface area (Å²) in [5.41, 5.74) is 13.8. The van der Waals surface area contributed by atoms with Crippen LogP contribution in [0.4, 0.5) is 0 Å². The molecular weight excluding hydrogens is 532 g/mol. The van der Waals surface area contributed by atoms with Gasteiger partial charge in [-0.15, -0.1) is 0 Å². The fourth-order valence-corrected chi connectivity index (χ4v) is 7.31. The predicted octanol–water partition coefficient (Wildman–Crippen LogP) is 10.8. The molecule has 0 bridgehead atoms. The van der Waals surface area contributed by atoms with E-state index in [1.807, 2.05) is 13.1 Å². The fourth-order valence-electron chi connectivity index (χ4n) is 7.31. The number of nitrogens with zero attached hydrogens (tertiary/aromatic N) is 2. The van der Waals surface area contributed by atoms with Crippen LogP contribution in [0.1, 0.15) is 17.0 Å². The first-order chi connectivity index (χ1) is 21.7. The Morgan fingerprint density at radius 3 is 1.59 bits per heavy atom. The molecule has 0 N–H and O–H groups in total. The van der Waals surface area contributed by atoms with Gasteiger partial charge in [0.2, 0.25) is 0 Å². The van der Waals surface area contributed by atoms with Crippen molar-refractivity contribution in [1.29, 1.82) is 0 Å². The summed E-state index contributed by atoms with van der Waals surface area (Å²) in [6, 6.07) is 49.0.